The van der Waals surface area contributed by atoms with Crippen molar-refractivity contribution < 1.29 is 4.74 Å². The summed E-state index contributed by atoms with van der Waals surface area (Å²) in [7, 11) is 0. The topological polar surface area (TPSA) is 12.5 Å². The van der Waals surface area contributed by atoms with Gasteiger partial charge in [-0.05, 0) is 150 Å². The van der Waals surface area contributed by atoms with Crippen LogP contribution in [0.3, 0.4) is 0 Å². The molecule has 1 aliphatic heterocycles. The summed E-state index contributed by atoms with van der Waals surface area (Å²) in [5.41, 5.74) is 12.3. The third-order valence-electron chi connectivity index (χ3n) is 14.0. The molecule has 11 rings (SSSR count). The summed E-state index contributed by atoms with van der Waals surface area (Å²) < 4.78 is 7.02. The quantitative estimate of drug-likeness (QED) is 0.191. The van der Waals surface area contributed by atoms with Gasteiger partial charge in [-0.1, -0.05) is 94.4 Å². The molecule has 2 nitrogen and oxygen atoms in total. The largest absolute Gasteiger partial charge is 0.457 e. The molecule has 0 amide bonds. The number of rotatable bonds is 4. The highest BCUT2D eigenvalue weighted by Crippen LogP contribution is 2.69. The predicted octanol–water partition coefficient (Wildman–Crippen LogP) is 13.0. The second-order valence-corrected chi connectivity index (χ2v) is 17.7. The van der Waals surface area contributed by atoms with E-state index in [4.69, 9.17) is 4.74 Å². The zero-order chi connectivity index (χ0) is 33.8. The average Bonchev–Trinajstić information content (AvgIpc) is 3.12. The fraction of sp³-hybridized carbons (Fsp3) is 0.375. The van der Waals surface area contributed by atoms with Crippen LogP contribution in [0.5, 0.6) is 11.5 Å². The number of anilines is 3. The number of hydrogen-bond acceptors (Lipinski definition) is 2. The van der Waals surface area contributed by atoms with Crippen molar-refractivity contribution in [1.82, 2.24) is 0 Å². The molecule has 0 unspecified atom stereocenters. The van der Waals surface area contributed by atoms with Gasteiger partial charge in [-0.25, -0.2) is 0 Å². The maximum atomic E-state index is 7.02. The lowest BCUT2D eigenvalue weighted by molar-refractivity contribution is -0.0452. The molecule has 4 saturated carbocycles. The molecule has 0 N–H and O–H groups in total. The second kappa shape index (κ2) is 10.8. The Hall–Kier alpha value is -4.30. The van der Waals surface area contributed by atoms with Crippen LogP contribution in [0.2, 0.25) is 0 Å². The van der Waals surface area contributed by atoms with E-state index in [0.29, 0.717) is 11.8 Å². The van der Waals surface area contributed by atoms with Crippen molar-refractivity contribution in [3.8, 4) is 22.6 Å². The van der Waals surface area contributed by atoms with E-state index in [1.807, 2.05) is 0 Å². The minimum Gasteiger partial charge on any atom is -0.457 e. The molecule has 0 aromatic heterocycles. The van der Waals surface area contributed by atoms with Crippen LogP contribution in [0.4, 0.5) is 17.1 Å². The molecule has 1 spiro atoms. The standard InChI is InChI=1S/C48H49NO/c1-46(2)21-22-47(3,4)42-29-38(16-19-40(42)46)49(37-13-9-6-10-14-37)39-17-20-44-43(30-39)48(35-24-31-23-32(26-35)27-36(48)25-31)41-18-15-34(28-45(41)50-44)33-11-7-5-8-12-33/h5-20,28-32,35-36H,21-27H2,1-4H3. The van der Waals surface area contributed by atoms with Crippen molar-refractivity contribution >= 4 is 17.1 Å². The zero-order valence-corrected chi connectivity index (χ0v) is 30.1. The van der Waals surface area contributed by atoms with Gasteiger partial charge >= 0.3 is 0 Å². The second-order valence-electron chi connectivity index (χ2n) is 17.7. The Morgan fingerprint density at radius 1 is 0.480 bits per heavy atom. The molecular weight excluding hydrogens is 607 g/mol. The lowest BCUT2D eigenvalue weighted by Gasteiger charge is -2.63. The third kappa shape index (κ3) is 4.46. The first-order valence-corrected chi connectivity index (χ1v) is 19.2. The molecule has 2 heteroatoms. The number of para-hydroxylation sites is 1. The van der Waals surface area contributed by atoms with Gasteiger partial charge in [-0.3, -0.25) is 0 Å². The lowest BCUT2D eigenvalue weighted by atomic mass is 9.41. The molecule has 50 heavy (non-hydrogen) atoms. The van der Waals surface area contributed by atoms with Gasteiger partial charge in [0.2, 0.25) is 0 Å². The maximum Gasteiger partial charge on any atom is 0.132 e. The van der Waals surface area contributed by atoms with E-state index < -0.39 is 0 Å². The van der Waals surface area contributed by atoms with Crippen LogP contribution in [0.25, 0.3) is 11.1 Å². The third-order valence-corrected chi connectivity index (χ3v) is 14.0. The van der Waals surface area contributed by atoms with Gasteiger partial charge in [0, 0.05) is 33.6 Å². The Kier molecular flexibility index (Phi) is 6.62. The molecule has 5 aliphatic carbocycles. The molecule has 4 fully saturated rings. The molecule has 1 heterocycles. The summed E-state index contributed by atoms with van der Waals surface area (Å²) in [5, 5.41) is 0. The van der Waals surface area contributed by atoms with Crippen molar-refractivity contribution in [3.05, 3.63) is 138 Å². The Morgan fingerprint density at radius 3 is 1.74 bits per heavy atom. The molecule has 0 atom stereocenters. The zero-order valence-electron chi connectivity index (χ0n) is 30.1. The predicted molar refractivity (Wildman–Crippen MR) is 206 cm³/mol. The SMILES string of the molecule is CC1(C)CCC(C)(C)c2cc(N(c3ccccc3)c3ccc4c(c3)C3(c5ccc(-c6ccccc6)cc5O4)C4CC5CC(C4)CC3C5)ccc21. The molecule has 5 aromatic rings. The number of fused-ring (bicyclic) bond motifs is 3. The van der Waals surface area contributed by atoms with Gasteiger partial charge in [-0.2, -0.15) is 0 Å². The summed E-state index contributed by atoms with van der Waals surface area (Å²) in [6.07, 6.45) is 9.24. The highest BCUT2D eigenvalue weighted by Gasteiger charge is 2.61. The van der Waals surface area contributed by atoms with E-state index >= 15 is 0 Å². The Balaban J connectivity index is 1.16. The highest BCUT2D eigenvalue weighted by molar-refractivity contribution is 5.80. The first kappa shape index (κ1) is 30.5. The summed E-state index contributed by atoms with van der Waals surface area (Å²) in [4.78, 5) is 2.51. The van der Waals surface area contributed by atoms with Gasteiger partial charge < -0.3 is 9.64 Å². The maximum absolute atomic E-state index is 7.02. The van der Waals surface area contributed by atoms with Crippen molar-refractivity contribution in [2.75, 3.05) is 4.90 Å². The lowest BCUT2D eigenvalue weighted by Crippen LogP contribution is -2.57. The van der Waals surface area contributed by atoms with Crippen molar-refractivity contribution in [1.29, 1.82) is 0 Å². The van der Waals surface area contributed by atoms with Crippen LogP contribution in [-0.2, 0) is 16.2 Å². The average molecular weight is 656 g/mol. The van der Waals surface area contributed by atoms with Crippen LogP contribution in [0.1, 0.15) is 94.9 Å². The Morgan fingerprint density at radius 2 is 1.06 bits per heavy atom. The summed E-state index contributed by atoms with van der Waals surface area (Å²) >= 11 is 0. The highest BCUT2D eigenvalue weighted by atomic mass is 16.5. The molecule has 4 bridgehead atoms. The summed E-state index contributed by atoms with van der Waals surface area (Å²) in [6.45, 7) is 9.71. The van der Waals surface area contributed by atoms with Crippen molar-refractivity contribution in [2.45, 2.75) is 88.9 Å². The number of nitrogens with zero attached hydrogens (tertiary/aromatic N) is 1. The van der Waals surface area contributed by atoms with E-state index in [-0.39, 0.29) is 16.2 Å². The van der Waals surface area contributed by atoms with Crippen molar-refractivity contribution in [2.24, 2.45) is 23.7 Å². The van der Waals surface area contributed by atoms with Gasteiger partial charge in [0.25, 0.3) is 0 Å². The van der Waals surface area contributed by atoms with Crippen LogP contribution >= 0.6 is 0 Å². The van der Waals surface area contributed by atoms with Crippen LogP contribution in [0, 0.1) is 23.7 Å². The van der Waals surface area contributed by atoms with E-state index in [2.05, 4.69) is 148 Å². The minimum absolute atomic E-state index is 0.0220. The monoisotopic (exact) mass is 655 g/mol. The molecule has 6 aliphatic rings. The fourth-order valence-electron chi connectivity index (χ4n) is 11.6. The van der Waals surface area contributed by atoms with E-state index in [9.17, 15) is 0 Å². The first-order chi connectivity index (χ1) is 24.2. The Labute approximate surface area is 298 Å². The summed E-state index contributed by atoms with van der Waals surface area (Å²) in [5.74, 6) is 5.19. The fourth-order valence-corrected chi connectivity index (χ4v) is 11.6. The van der Waals surface area contributed by atoms with Crippen LogP contribution in [0.15, 0.2) is 115 Å². The van der Waals surface area contributed by atoms with Crippen molar-refractivity contribution in [3.63, 3.8) is 0 Å². The smallest absolute Gasteiger partial charge is 0.132 e. The normalized spacial score (nSPS) is 27.6. The number of benzene rings is 5. The van der Waals surface area contributed by atoms with E-state index in [0.717, 1.165) is 23.3 Å². The molecule has 0 saturated heterocycles. The summed E-state index contributed by atoms with van der Waals surface area (Å²) in [6, 6.07) is 43.5. The van der Waals surface area contributed by atoms with Gasteiger partial charge in [0.15, 0.2) is 0 Å². The van der Waals surface area contributed by atoms with Crippen LogP contribution < -0.4 is 9.64 Å². The molecule has 0 radical (unpaired) electrons. The van der Waals surface area contributed by atoms with E-state index in [1.54, 1.807) is 0 Å². The Bertz CT molecular complexity index is 2080. The number of ether oxygens (including phenoxy) is 1. The van der Waals surface area contributed by atoms with E-state index in [1.165, 1.54) is 95.4 Å². The van der Waals surface area contributed by atoms with Gasteiger partial charge in [0.05, 0.1) is 0 Å². The number of hydrogen-bond donors (Lipinski definition) is 0. The van der Waals surface area contributed by atoms with Gasteiger partial charge in [-0.15, -0.1) is 0 Å². The van der Waals surface area contributed by atoms with Crippen LogP contribution in [-0.4, -0.2) is 0 Å². The molecule has 252 valence electrons. The first-order valence-electron chi connectivity index (χ1n) is 19.2. The van der Waals surface area contributed by atoms with Gasteiger partial charge in [0.1, 0.15) is 11.5 Å². The minimum atomic E-state index is -0.0220. The molecule has 5 aromatic carbocycles. The molecular formula is C48H49NO.